The lowest BCUT2D eigenvalue weighted by atomic mass is 10.1. The maximum absolute atomic E-state index is 12.6. The second kappa shape index (κ2) is 10.5. The molecule has 0 unspecified atom stereocenters. The van der Waals surface area contributed by atoms with Crippen molar-refractivity contribution in [1.29, 1.82) is 0 Å². The predicted molar refractivity (Wildman–Crippen MR) is 137 cm³/mol. The normalized spacial score (nSPS) is 11.1. The lowest BCUT2D eigenvalue weighted by Crippen LogP contribution is -2.14. The molecule has 172 valence electrons. The predicted octanol–water partition coefficient (Wildman–Crippen LogP) is 5.74. The van der Waals surface area contributed by atoms with E-state index in [1.807, 2.05) is 12.1 Å². The highest BCUT2D eigenvalue weighted by Gasteiger charge is 2.14. The van der Waals surface area contributed by atoms with Gasteiger partial charge in [-0.2, -0.15) is 0 Å². The molecule has 0 bridgehead atoms. The molecule has 1 amide bonds. The van der Waals surface area contributed by atoms with E-state index in [4.69, 9.17) is 0 Å². The second-order valence-electron chi connectivity index (χ2n) is 7.62. The Kier molecular flexibility index (Phi) is 7.30. The van der Waals surface area contributed by atoms with Crippen molar-refractivity contribution in [2.75, 3.05) is 10.0 Å². The van der Waals surface area contributed by atoms with Crippen LogP contribution in [0.1, 0.15) is 21.5 Å². The largest absolute Gasteiger partial charge is 0.322 e. The third-order valence-electron chi connectivity index (χ3n) is 4.98. The van der Waals surface area contributed by atoms with Gasteiger partial charge in [-0.1, -0.05) is 29.8 Å². The van der Waals surface area contributed by atoms with Gasteiger partial charge in [0.2, 0.25) is 0 Å². The Hall–Kier alpha value is -3.62. The second-order valence-corrected chi connectivity index (χ2v) is 10.4. The smallest absolute Gasteiger partial charge is 0.261 e. The van der Waals surface area contributed by atoms with E-state index in [9.17, 15) is 13.2 Å². The average Bonchev–Trinajstić information content (AvgIpc) is 2.85. The van der Waals surface area contributed by atoms with E-state index in [2.05, 4.69) is 46.2 Å². The molecule has 34 heavy (non-hydrogen) atoms. The minimum absolute atomic E-state index is 0.0878. The molecule has 2 N–H and O–H groups in total. The Morgan fingerprint density at radius 1 is 0.882 bits per heavy atom. The van der Waals surface area contributed by atoms with Crippen molar-refractivity contribution in [3.63, 3.8) is 0 Å². The van der Waals surface area contributed by atoms with E-state index in [0.717, 1.165) is 11.3 Å². The zero-order valence-electron chi connectivity index (χ0n) is 18.4. The van der Waals surface area contributed by atoms with Crippen LogP contribution in [0.5, 0.6) is 0 Å². The number of nitrogens with zero attached hydrogens (tertiary/aromatic N) is 1. The summed E-state index contributed by atoms with van der Waals surface area (Å²) in [5.41, 5.74) is 3.76. The molecular formula is C26H23N3O3S2. The summed E-state index contributed by atoms with van der Waals surface area (Å²) in [6.07, 6.45) is 2.99. The molecule has 6 nitrogen and oxygen atoms in total. The van der Waals surface area contributed by atoms with Crippen molar-refractivity contribution in [3.05, 3.63) is 114 Å². The monoisotopic (exact) mass is 489 g/mol. The zero-order chi connectivity index (χ0) is 24.0. The number of amides is 1. The van der Waals surface area contributed by atoms with E-state index in [-0.39, 0.29) is 10.8 Å². The molecule has 0 aliphatic carbocycles. The molecule has 0 saturated carbocycles. The minimum atomic E-state index is -3.75. The molecule has 0 radical (unpaired) electrons. The lowest BCUT2D eigenvalue weighted by molar-refractivity contribution is 0.102. The van der Waals surface area contributed by atoms with Gasteiger partial charge in [-0.25, -0.2) is 8.42 Å². The summed E-state index contributed by atoms with van der Waals surface area (Å²) in [6.45, 7) is 2.07. The standard InChI is InChI=1S/C26H23N3O3S2/c1-19-4-12-24(13-5-19)33-18-20-6-8-21(9-7-20)26(30)28-22-10-14-25(15-11-22)34(31,32)29-23-3-2-16-27-17-23/h2-17,29H,18H2,1H3,(H,28,30). The molecule has 0 saturated heterocycles. The van der Waals surface area contributed by atoms with Gasteiger partial charge in [0.15, 0.2) is 0 Å². The van der Waals surface area contributed by atoms with Crippen molar-refractivity contribution in [2.45, 2.75) is 22.5 Å². The highest BCUT2D eigenvalue weighted by Crippen LogP contribution is 2.23. The third-order valence-corrected chi connectivity index (χ3v) is 7.46. The molecular weight excluding hydrogens is 466 g/mol. The van der Waals surface area contributed by atoms with Crippen LogP contribution < -0.4 is 10.0 Å². The number of carbonyl (C=O) groups is 1. The van der Waals surface area contributed by atoms with Crippen LogP contribution >= 0.6 is 11.8 Å². The number of pyridine rings is 1. The molecule has 1 aromatic heterocycles. The Morgan fingerprint density at radius 2 is 1.59 bits per heavy atom. The van der Waals surface area contributed by atoms with Crippen LogP contribution in [0.2, 0.25) is 0 Å². The summed E-state index contributed by atoms with van der Waals surface area (Å²) in [5.74, 6) is 0.551. The molecule has 0 aliphatic rings. The lowest BCUT2D eigenvalue weighted by Gasteiger charge is -2.09. The number of hydrogen-bond donors (Lipinski definition) is 2. The number of sulfonamides is 1. The van der Waals surface area contributed by atoms with Crippen LogP contribution in [0.15, 0.2) is 107 Å². The maximum atomic E-state index is 12.6. The molecule has 3 aromatic carbocycles. The number of anilines is 2. The van der Waals surface area contributed by atoms with E-state index >= 15 is 0 Å². The molecule has 0 fully saturated rings. The summed E-state index contributed by atoms with van der Waals surface area (Å²) in [4.78, 5) is 17.8. The average molecular weight is 490 g/mol. The van der Waals surface area contributed by atoms with Crippen LogP contribution in [0.25, 0.3) is 0 Å². The summed E-state index contributed by atoms with van der Waals surface area (Å²) in [6, 6.07) is 25.1. The first kappa shape index (κ1) is 23.5. The first-order valence-electron chi connectivity index (χ1n) is 10.5. The van der Waals surface area contributed by atoms with Crippen molar-refractivity contribution in [2.24, 2.45) is 0 Å². The first-order chi connectivity index (χ1) is 16.4. The molecule has 4 rings (SSSR count). The van der Waals surface area contributed by atoms with Crippen molar-refractivity contribution in [3.8, 4) is 0 Å². The van der Waals surface area contributed by atoms with Gasteiger partial charge in [-0.15, -0.1) is 11.8 Å². The Bertz CT molecular complexity index is 1360. The maximum Gasteiger partial charge on any atom is 0.261 e. The van der Waals surface area contributed by atoms with Crippen LogP contribution in [-0.2, 0) is 15.8 Å². The molecule has 0 aliphatic heterocycles. The van der Waals surface area contributed by atoms with Gasteiger partial charge in [-0.3, -0.25) is 14.5 Å². The Morgan fingerprint density at radius 3 is 2.24 bits per heavy atom. The fourth-order valence-corrected chi connectivity index (χ4v) is 5.01. The third kappa shape index (κ3) is 6.24. The molecule has 0 atom stereocenters. The highest BCUT2D eigenvalue weighted by atomic mass is 32.2. The summed E-state index contributed by atoms with van der Waals surface area (Å²) < 4.78 is 27.5. The zero-order valence-corrected chi connectivity index (χ0v) is 20.1. The number of rotatable bonds is 8. The molecule has 4 aromatic rings. The van der Waals surface area contributed by atoms with Gasteiger partial charge >= 0.3 is 0 Å². The number of aromatic nitrogens is 1. The van der Waals surface area contributed by atoms with Crippen LogP contribution in [0, 0.1) is 6.92 Å². The number of nitrogens with one attached hydrogen (secondary N) is 2. The molecule has 8 heteroatoms. The van der Waals surface area contributed by atoms with Crippen molar-refractivity contribution in [1.82, 2.24) is 4.98 Å². The molecule has 1 heterocycles. The van der Waals surface area contributed by atoms with Gasteiger partial charge in [0.1, 0.15) is 0 Å². The van der Waals surface area contributed by atoms with E-state index in [1.54, 1.807) is 54.4 Å². The van der Waals surface area contributed by atoms with E-state index < -0.39 is 10.0 Å². The number of carbonyl (C=O) groups excluding carboxylic acids is 1. The van der Waals surface area contributed by atoms with Crippen LogP contribution in [0.4, 0.5) is 11.4 Å². The van der Waals surface area contributed by atoms with Gasteiger partial charge in [0, 0.05) is 28.1 Å². The SMILES string of the molecule is Cc1ccc(SCc2ccc(C(=O)Nc3ccc(S(=O)(=O)Nc4cccnc4)cc3)cc2)cc1. The number of hydrogen-bond acceptors (Lipinski definition) is 5. The summed E-state index contributed by atoms with van der Waals surface area (Å²) in [5, 5.41) is 2.80. The minimum Gasteiger partial charge on any atom is -0.322 e. The fourth-order valence-electron chi connectivity index (χ4n) is 3.11. The molecule has 0 spiro atoms. The number of aryl methyl sites for hydroxylation is 1. The van der Waals surface area contributed by atoms with Crippen molar-refractivity contribution < 1.29 is 13.2 Å². The van der Waals surface area contributed by atoms with E-state index in [1.165, 1.54) is 28.8 Å². The van der Waals surface area contributed by atoms with Gasteiger partial charge in [0.05, 0.1) is 16.8 Å². The Balaban J connectivity index is 1.34. The number of thioether (sulfide) groups is 1. The Labute approximate surface area is 203 Å². The highest BCUT2D eigenvalue weighted by molar-refractivity contribution is 7.98. The van der Waals surface area contributed by atoms with Gasteiger partial charge in [0.25, 0.3) is 15.9 Å². The summed E-state index contributed by atoms with van der Waals surface area (Å²) >= 11 is 1.74. The topological polar surface area (TPSA) is 88.2 Å². The fraction of sp³-hybridized carbons (Fsp3) is 0.0769. The van der Waals surface area contributed by atoms with E-state index in [0.29, 0.717) is 16.9 Å². The summed E-state index contributed by atoms with van der Waals surface area (Å²) in [7, 11) is -3.75. The van der Waals surface area contributed by atoms with Crippen molar-refractivity contribution >= 4 is 39.1 Å². The quantitative estimate of drug-likeness (QED) is 0.308. The van der Waals surface area contributed by atoms with Gasteiger partial charge < -0.3 is 5.32 Å². The van der Waals surface area contributed by atoms with Crippen LogP contribution in [0.3, 0.4) is 0 Å². The van der Waals surface area contributed by atoms with Gasteiger partial charge in [-0.05, 0) is 73.2 Å². The van der Waals surface area contributed by atoms with Crippen LogP contribution in [-0.4, -0.2) is 19.3 Å². The number of benzene rings is 3. The first-order valence-corrected chi connectivity index (χ1v) is 13.0.